The Bertz CT molecular complexity index is 379. The summed E-state index contributed by atoms with van der Waals surface area (Å²) in [7, 11) is 0. The van der Waals surface area contributed by atoms with Gasteiger partial charge in [-0.2, -0.15) is 0 Å². The molecule has 94 valence electrons. The van der Waals surface area contributed by atoms with Crippen LogP contribution in [0.5, 0.6) is 0 Å². The molecule has 0 aromatic carbocycles. The number of hydrogen-bond acceptors (Lipinski definition) is 3. The first kappa shape index (κ1) is 11.2. The van der Waals surface area contributed by atoms with Gasteiger partial charge in [-0.25, -0.2) is 4.98 Å². The van der Waals surface area contributed by atoms with Gasteiger partial charge >= 0.3 is 0 Å². The minimum atomic E-state index is 0.820. The predicted molar refractivity (Wildman–Crippen MR) is 68.1 cm³/mol. The van der Waals surface area contributed by atoms with Crippen molar-refractivity contribution < 1.29 is 0 Å². The van der Waals surface area contributed by atoms with Crippen LogP contribution in [0.3, 0.4) is 0 Å². The second-order valence-electron chi connectivity index (χ2n) is 5.41. The van der Waals surface area contributed by atoms with Crippen LogP contribution in [0.1, 0.15) is 23.6 Å². The monoisotopic (exact) mass is 234 g/mol. The van der Waals surface area contributed by atoms with Gasteiger partial charge in [0.05, 0.1) is 5.69 Å². The van der Waals surface area contributed by atoms with Crippen LogP contribution in [-0.2, 0) is 12.8 Å². The number of hydrogen-bond donors (Lipinski definition) is 2. The summed E-state index contributed by atoms with van der Waals surface area (Å²) in [6.07, 6.45) is 3.66. The number of H-pyrrole nitrogens is 1. The van der Waals surface area contributed by atoms with E-state index in [0.29, 0.717) is 0 Å². The summed E-state index contributed by atoms with van der Waals surface area (Å²) < 4.78 is 0. The maximum atomic E-state index is 4.55. The quantitative estimate of drug-likeness (QED) is 0.793. The molecule has 1 saturated heterocycles. The largest absolute Gasteiger partial charge is 0.346 e. The Morgan fingerprint density at radius 2 is 2.18 bits per heavy atom. The molecule has 0 bridgehead atoms. The lowest BCUT2D eigenvalue weighted by molar-refractivity contribution is 0.196. The molecule has 17 heavy (non-hydrogen) atoms. The first-order valence-electron chi connectivity index (χ1n) is 6.78. The molecule has 0 amide bonds. The third-order valence-electron chi connectivity index (χ3n) is 3.99. The summed E-state index contributed by atoms with van der Waals surface area (Å²) in [5, 5.41) is 3.41. The topological polar surface area (TPSA) is 44.0 Å². The molecule has 0 saturated carbocycles. The van der Waals surface area contributed by atoms with Gasteiger partial charge in [0.2, 0.25) is 0 Å². The number of nitrogens with one attached hydrogen (secondary N) is 2. The maximum Gasteiger partial charge on any atom is 0.103 e. The van der Waals surface area contributed by atoms with E-state index in [-0.39, 0.29) is 0 Å². The van der Waals surface area contributed by atoms with Gasteiger partial charge in [0.25, 0.3) is 0 Å². The number of imidazole rings is 1. The molecule has 1 aliphatic heterocycles. The Balaban J connectivity index is 1.59. The SMILES string of the molecule is Cc1nc2c([nH]1)CC(CN1CCNCC1)CC2. The molecule has 2 aliphatic rings. The molecule has 1 fully saturated rings. The van der Waals surface area contributed by atoms with Gasteiger partial charge in [0.1, 0.15) is 5.82 Å². The molecule has 1 unspecified atom stereocenters. The molecule has 1 aliphatic carbocycles. The molecule has 4 heteroatoms. The fourth-order valence-electron chi connectivity index (χ4n) is 3.11. The second-order valence-corrected chi connectivity index (χ2v) is 5.41. The fourth-order valence-corrected chi connectivity index (χ4v) is 3.11. The Labute approximate surface area is 103 Å². The Morgan fingerprint density at radius 1 is 1.35 bits per heavy atom. The van der Waals surface area contributed by atoms with E-state index in [4.69, 9.17) is 0 Å². The lowest BCUT2D eigenvalue weighted by atomic mass is 9.89. The highest BCUT2D eigenvalue weighted by atomic mass is 15.2. The molecule has 0 radical (unpaired) electrons. The van der Waals surface area contributed by atoms with Crippen LogP contribution < -0.4 is 5.32 Å². The highest BCUT2D eigenvalue weighted by molar-refractivity contribution is 5.18. The molecule has 1 aromatic rings. The molecule has 2 heterocycles. The van der Waals surface area contributed by atoms with E-state index in [9.17, 15) is 0 Å². The molecular weight excluding hydrogens is 212 g/mol. The number of aromatic amines is 1. The lowest BCUT2D eigenvalue weighted by Crippen LogP contribution is -2.45. The van der Waals surface area contributed by atoms with Crippen LogP contribution in [0.4, 0.5) is 0 Å². The molecule has 0 spiro atoms. The van der Waals surface area contributed by atoms with Crippen molar-refractivity contribution in [2.75, 3.05) is 32.7 Å². The van der Waals surface area contributed by atoms with Crippen molar-refractivity contribution in [3.05, 3.63) is 17.2 Å². The highest BCUT2D eigenvalue weighted by Crippen LogP contribution is 2.24. The van der Waals surface area contributed by atoms with E-state index >= 15 is 0 Å². The van der Waals surface area contributed by atoms with Crippen molar-refractivity contribution >= 4 is 0 Å². The Kier molecular flexibility index (Phi) is 3.16. The average Bonchev–Trinajstić information content (AvgIpc) is 2.70. The van der Waals surface area contributed by atoms with E-state index in [0.717, 1.165) is 31.3 Å². The van der Waals surface area contributed by atoms with Crippen molar-refractivity contribution in [3.8, 4) is 0 Å². The van der Waals surface area contributed by atoms with Gasteiger partial charge in [0.15, 0.2) is 0 Å². The van der Waals surface area contributed by atoms with Gasteiger partial charge in [-0.15, -0.1) is 0 Å². The van der Waals surface area contributed by atoms with Gasteiger partial charge in [-0.3, -0.25) is 0 Å². The molecule has 1 atom stereocenters. The van der Waals surface area contributed by atoms with Crippen LogP contribution in [0, 0.1) is 12.8 Å². The fraction of sp³-hybridized carbons (Fsp3) is 0.769. The molecule has 2 N–H and O–H groups in total. The Hall–Kier alpha value is -0.870. The Morgan fingerprint density at radius 3 is 3.00 bits per heavy atom. The van der Waals surface area contributed by atoms with Gasteiger partial charge in [-0.05, 0) is 32.1 Å². The first-order valence-corrected chi connectivity index (χ1v) is 6.78. The predicted octanol–water partition coefficient (Wildman–Crippen LogP) is 0.728. The highest BCUT2D eigenvalue weighted by Gasteiger charge is 2.23. The van der Waals surface area contributed by atoms with Crippen molar-refractivity contribution in [3.63, 3.8) is 0 Å². The normalized spacial score (nSPS) is 25.8. The number of fused-ring (bicyclic) bond motifs is 1. The summed E-state index contributed by atoms with van der Waals surface area (Å²) >= 11 is 0. The van der Waals surface area contributed by atoms with Crippen molar-refractivity contribution in [1.29, 1.82) is 0 Å². The number of nitrogens with zero attached hydrogens (tertiary/aromatic N) is 2. The van der Waals surface area contributed by atoms with Crippen LogP contribution in [0.15, 0.2) is 0 Å². The third-order valence-corrected chi connectivity index (χ3v) is 3.99. The van der Waals surface area contributed by atoms with Crippen LogP contribution in [0.25, 0.3) is 0 Å². The van der Waals surface area contributed by atoms with Gasteiger partial charge in [0, 0.05) is 38.4 Å². The summed E-state index contributed by atoms with van der Waals surface area (Å²) in [4.78, 5) is 10.6. The van der Waals surface area contributed by atoms with Crippen LogP contribution >= 0.6 is 0 Å². The zero-order valence-electron chi connectivity index (χ0n) is 10.6. The van der Waals surface area contributed by atoms with Crippen LogP contribution in [0.2, 0.25) is 0 Å². The van der Waals surface area contributed by atoms with Crippen molar-refractivity contribution in [1.82, 2.24) is 20.2 Å². The first-order chi connectivity index (χ1) is 8.31. The van der Waals surface area contributed by atoms with E-state index in [1.807, 2.05) is 0 Å². The third kappa shape index (κ3) is 2.53. The van der Waals surface area contributed by atoms with Crippen molar-refractivity contribution in [2.24, 2.45) is 5.92 Å². The van der Waals surface area contributed by atoms with E-state index in [1.54, 1.807) is 0 Å². The smallest absolute Gasteiger partial charge is 0.103 e. The van der Waals surface area contributed by atoms with Gasteiger partial charge in [-0.1, -0.05) is 0 Å². The number of rotatable bonds is 2. The minimum Gasteiger partial charge on any atom is -0.346 e. The average molecular weight is 234 g/mol. The molecule has 4 nitrogen and oxygen atoms in total. The van der Waals surface area contributed by atoms with Crippen LogP contribution in [-0.4, -0.2) is 47.6 Å². The van der Waals surface area contributed by atoms with E-state index in [1.165, 1.54) is 43.9 Å². The number of aryl methyl sites for hydroxylation is 2. The zero-order chi connectivity index (χ0) is 11.7. The molecule has 3 rings (SSSR count). The zero-order valence-corrected chi connectivity index (χ0v) is 10.6. The minimum absolute atomic E-state index is 0.820. The second kappa shape index (κ2) is 4.78. The number of piperazine rings is 1. The summed E-state index contributed by atoms with van der Waals surface area (Å²) in [5.41, 5.74) is 2.72. The summed E-state index contributed by atoms with van der Waals surface area (Å²) in [6, 6.07) is 0. The van der Waals surface area contributed by atoms with Crippen molar-refractivity contribution in [2.45, 2.75) is 26.2 Å². The van der Waals surface area contributed by atoms with E-state index in [2.05, 4.69) is 27.1 Å². The van der Waals surface area contributed by atoms with Gasteiger partial charge < -0.3 is 15.2 Å². The molecule has 1 aromatic heterocycles. The summed E-state index contributed by atoms with van der Waals surface area (Å²) in [5.74, 6) is 1.90. The van der Waals surface area contributed by atoms with E-state index < -0.39 is 0 Å². The standard InChI is InChI=1S/C13H22N4/c1-10-15-12-3-2-11(8-13(12)16-10)9-17-6-4-14-5-7-17/h11,14H,2-9H2,1H3,(H,15,16). The summed E-state index contributed by atoms with van der Waals surface area (Å²) in [6.45, 7) is 8.06. The number of aromatic nitrogens is 2. The maximum absolute atomic E-state index is 4.55. The molecular formula is C13H22N4. The lowest BCUT2D eigenvalue weighted by Gasteiger charge is -2.32.